The fraction of sp³-hybridized carbons (Fsp3) is 0.231. The summed E-state index contributed by atoms with van der Waals surface area (Å²) in [5.74, 6) is 0.399. The van der Waals surface area contributed by atoms with Crippen molar-refractivity contribution in [1.82, 2.24) is 24.6 Å². The molecule has 0 amide bonds. The van der Waals surface area contributed by atoms with Crippen LogP contribution in [0.4, 0.5) is 5.69 Å². The highest BCUT2D eigenvalue weighted by Crippen LogP contribution is 2.29. The Kier molecular flexibility index (Phi) is 3.27. The van der Waals surface area contributed by atoms with E-state index in [1.54, 1.807) is 30.2 Å². The first kappa shape index (κ1) is 13.1. The summed E-state index contributed by atoms with van der Waals surface area (Å²) >= 11 is 0. The number of aromatic nitrogens is 5. The minimum atomic E-state index is 0.244. The van der Waals surface area contributed by atoms with Crippen LogP contribution < -0.4 is 14.8 Å². The van der Waals surface area contributed by atoms with Gasteiger partial charge in [0.15, 0.2) is 5.65 Å². The number of nitrogens with zero attached hydrogens (tertiary/aromatic N) is 5. The zero-order chi connectivity index (χ0) is 14.8. The monoisotopic (exact) mass is 286 g/mol. The molecule has 0 unspecified atom stereocenters. The van der Waals surface area contributed by atoms with E-state index in [1.807, 2.05) is 13.1 Å². The van der Waals surface area contributed by atoms with E-state index in [9.17, 15) is 0 Å². The summed E-state index contributed by atoms with van der Waals surface area (Å²) in [6, 6.07) is 2.11. The number of ether oxygens (including phenoxy) is 2. The van der Waals surface area contributed by atoms with Crippen LogP contribution in [0.3, 0.4) is 0 Å². The lowest BCUT2D eigenvalue weighted by molar-refractivity contribution is 0.353. The minimum absolute atomic E-state index is 0.244. The Labute approximate surface area is 120 Å². The van der Waals surface area contributed by atoms with Crippen molar-refractivity contribution in [2.24, 2.45) is 0 Å². The first-order valence-electron chi connectivity index (χ1n) is 6.24. The van der Waals surface area contributed by atoms with E-state index in [4.69, 9.17) is 9.47 Å². The van der Waals surface area contributed by atoms with Gasteiger partial charge in [-0.3, -0.25) is 0 Å². The molecule has 8 nitrogen and oxygen atoms in total. The normalized spacial score (nSPS) is 10.6. The van der Waals surface area contributed by atoms with Crippen molar-refractivity contribution in [1.29, 1.82) is 0 Å². The van der Waals surface area contributed by atoms with Gasteiger partial charge in [-0.2, -0.15) is 10.1 Å². The van der Waals surface area contributed by atoms with Crippen molar-refractivity contribution in [3.8, 4) is 23.1 Å². The SMILES string of the molecule is CNc1cc(-c2cnc(OC)nc2OC)nn2ccnc12. The number of anilines is 1. The molecule has 0 saturated carbocycles. The standard InChI is InChI=1S/C13H14N6O2/c1-14-10-6-9(18-19-5-4-15-11(10)19)8-7-16-13(21-3)17-12(8)20-2/h4-7,14H,1-3H3. The van der Waals surface area contributed by atoms with Gasteiger partial charge in [0.25, 0.3) is 0 Å². The Morgan fingerprint density at radius 1 is 1.19 bits per heavy atom. The van der Waals surface area contributed by atoms with Gasteiger partial charge >= 0.3 is 6.01 Å². The Morgan fingerprint density at radius 2 is 2.05 bits per heavy atom. The summed E-state index contributed by atoms with van der Waals surface area (Å²) in [6.07, 6.45) is 5.08. The maximum atomic E-state index is 5.29. The second-order valence-corrected chi connectivity index (χ2v) is 4.17. The molecule has 0 radical (unpaired) electrons. The van der Waals surface area contributed by atoms with Crippen LogP contribution in [0.5, 0.6) is 11.9 Å². The largest absolute Gasteiger partial charge is 0.480 e. The van der Waals surface area contributed by atoms with Crippen molar-refractivity contribution < 1.29 is 9.47 Å². The topological polar surface area (TPSA) is 86.5 Å². The van der Waals surface area contributed by atoms with Crippen LogP contribution in [0.25, 0.3) is 16.9 Å². The molecule has 0 aliphatic heterocycles. The molecule has 3 aromatic heterocycles. The molecule has 0 aromatic carbocycles. The lowest BCUT2D eigenvalue weighted by Crippen LogP contribution is -2.02. The summed E-state index contributed by atoms with van der Waals surface area (Å²) in [7, 11) is 4.87. The third-order valence-corrected chi connectivity index (χ3v) is 3.01. The number of methoxy groups -OCH3 is 2. The van der Waals surface area contributed by atoms with Crippen molar-refractivity contribution in [2.75, 3.05) is 26.6 Å². The lowest BCUT2D eigenvalue weighted by atomic mass is 10.2. The molecule has 8 heteroatoms. The molecule has 108 valence electrons. The van der Waals surface area contributed by atoms with E-state index in [0.29, 0.717) is 17.1 Å². The van der Waals surface area contributed by atoms with Gasteiger partial charge in [0.2, 0.25) is 5.88 Å². The first-order chi connectivity index (χ1) is 10.3. The molecule has 0 aliphatic carbocycles. The Balaban J connectivity index is 2.19. The van der Waals surface area contributed by atoms with Gasteiger partial charge in [-0.1, -0.05) is 0 Å². The smallest absolute Gasteiger partial charge is 0.319 e. The zero-order valence-corrected chi connectivity index (χ0v) is 11.9. The van der Waals surface area contributed by atoms with Crippen molar-refractivity contribution in [3.05, 3.63) is 24.7 Å². The van der Waals surface area contributed by atoms with E-state index in [0.717, 1.165) is 11.3 Å². The number of hydrogen-bond donors (Lipinski definition) is 1. The number of fused-ring (bicyclic) bond motifs is 1. The van der Waals surface area contributed by atoms with Crippen molar-refractivity contribution >= 4 is 11.3 Å². The van der Waals surface area contributed by atoms with Gasteiger partial charge in [-0.25, -0.2) is 14.5 Å². The molecule has 0 atom stereocenters. The van der Waals surface area contributed by atoms with Gasteiger partial charge < -0.3 is 14.8 Å². The van der Waals surface area contributed by atoms with E-state index in [-0.39, 0.29) is 6.01 Å². The Morgan fingerprint density at radius 3 is 2.76 bits per heavy atom. The van der Waals surface area contributed by atoms with Crippen molar-refractivity contribution in [3.63, 3.8) is 0 Å². The predicted molar refractivity (Wildman–Crippen MR) is 76.7 cm³/mol. The molecule has 1 N–H and O–H groups in total. The third kappa shape index (κ3) is 2.20. The number of imidazole rings is 1. The summed E-state index contributed by atoms with van der Waals surface area (Å²) in [5, 5.41) is 7.59. The second kappa shape index (κ2) is 5.23. The molecular formula is C13H14N6O2. The average molecular weight is 286 g/mol. The molecule has 3 aromatic rings. The highest BCUT2D eigenvalue weighted by atomic mass is 16.5. The number of rotatable bonds is 4. The third-order valence-electron chi connectivity index (χ3n) is 3.01. The summed E-state index contributed by atoms with van der Waals surface area (Å²) in [4.78, 5) is 12.5. The van der Waals surface area contributed by atoms with Gasteiger partial charge in [-0.05, 0) is 6.07 Å². The molecule has 0 aliphatic rings. The van der Waals surface area contributed by atoms with Gasteiger partial charge in [-0.15, -0.1) is 0 Å². The Hall–Kier alpha value is -2.90. The zero-order valence-electron chi connectivity index (χ0n) is 11.9. The molecular weight excluding hydrogens is 272 g/mol. The maximum absolute atomic E-state index is 5.29. The van der Waals surface area contributed by atoms with Gasteiger partial charge in [0.05, 0.1) is 25.5 Å². The average Bonchev–Trinajstić information content (AvgIpc) is 3.01. The van der Waals surface area contributed by atoms with E-state index >= 15 is 0 Å². The molecule has 0 bridgehead atoms. The summed E-state index contributed by atoms with van der Waals surface area (Å²) in [6.45, 7) is 0. The first-order valence-corrected chi connectivity index (χ1v) is 6.24. The fourth-order valence-electron chi connectivity index (χ4n) is 2.01. The molecule has 21 heavy (non-hydrogen) atoms. The molecule has 3 rings (SSSR count). The second-order valence-electron chi connectivity index (χ2n) is 4.17. The van der Waals surface area contributed by atoms with E-state index in [1.165, 1.54) is 7.11 Å². The summed E-state index contributed by atoms with van der Waals surface area (Å²) < 4.78 is 12.0. The minimum Gasteiger partial charge on any atom is -0.480 e. The van der Waals surface area contributed by atoms with Gasteiger partial charge in [0.1, 0.15) is 5.69 Å². The van der Waals surface area contributed by atoms with Gasteiger partial charge in [0, 0.05) is 25.6 Å². The molecule has 3 heterocycles. The van der Waals surface area contributed by atoms with Crippen LogP contribution in [0.15, 0.2) is 24.7 Å². The van der Waals surface area contributed by atoms with Crippen LogP contribution in [0.2, 0.25) is 0 Å². The highest BCUT2D eigenvalue weighted by molar-refractivity contribution is 5.74. The van der Waals surface area contributed by atoms with Crippen LogP contribution in [0.1, 0.15) is 0 Å². The van der Waals surface area contributed by atoms with Crippen LogP contribution in [-0.2, 0) is 0 Å². The van der Waals surface area contributed by atoms with Crippen LogP contribution in [0, 0.1) is 0 Å². The number of hydrogen-bond acceptors (Lipinski definition) is 7. The van der Waals surface area contributed by atoms with E-state index < -0.39 is 0 Å². The maximum Gasteiger partial charge on any atom is 0.319 e. The Bertz CT molecular complexity index is 785. The fourth-order valence-corrected chi connectivity index (χ4v) is 2.01. The molecule has 0 saturated heterocycles. The highest BCUT2D eigenvalue weighted by Gasteiger charge is 2.14. The predicted octanol–water partition coefficient (Wildman–Crippen LogP) is 1.25. The molecule has 0 fully saturated rings. The lowest BCUT2D eigenvalue weighted by Gasteiger charge is -2.10. The van der Waals surface area contributed by atoms with E-state index in [2.05, 4.69) is 25.4 Å². The summed E-state index contributed by atoms with van der Waals surface area (Å²) in [5.41, 5.74) is 2.94. The quantitative estimate of drug-likeness (QED) is 0.772. The van der Waals surface area contributed by atoms with Crippen molar-refractivity contribution in [2.45, 2.75) is 0 Å². The molecule has 0 spiro atoms. The van der Waals surface area contributed by atoms with Crippen LogP contribution >= 0.6 is 0 Å². The van der Waals surface area contributed by atoms with Crippen LogP contribution in [-0.4, -0.2) is 45.8 Å². The number of nitrogens with one attached hydrogen (secondary N) is 1.